The maximum absolute atomic E-state index is 13.7. The lowest BCUT2D eigenvalue weighted by Crippen LogP contribution is -2.49. The summed E-state index contributed by atoms with van der Waals surface area (Å²) < 4.78 is 26.6. The topological polar surface area (TPSA) is 86.8 Å². The molecular weight excluding hydrogens is 593 g/mol. The van der Waals surface area contributed by atoms with Crippen molar-refractivity contribution >= 4 is 62.3 Å². The molecule has 3 rings (SSSR count). The molecule has 11 heteroatoms. The van der Waals surface area contributed by atoms with Crippen molar-refractivity contribution in [1.82, 2.24) is 10.2 Å². The van der Waals surface area contributed by atoms with Crippen molar-refractivity contribution in [3.63, 3.8) is 0 Å². The smallest absolute Gasteiger partial charge is 0.242 e. The highest BCUT2D eigenvalue weighted by Crippen LogP contribution is 2.28. The Balaban J connectivity index is 1.88. The number of carbonyl (C=O) groups excluding carboxylic acids is 2. The summed E-state index contributed by atoms with van der Waals surface area (Å²) in [7, 11) is -2.12. The number of rotatable bonds is 12. The Hall–Kier alpha value is -2.78. The molecule has 0 aromatic heterocycles. The van der Waals surface area contributed by atoms with Crippen molar-refractivity contribution in [3.8, 4) is 0 Å². The Bertz CT molecular complexity index is 1450. The molecule has 0 radical (unpaired) electrons. The molecule has 3 aromatic rings. The van der Waals surface area contributed by atoms with Gasteiger partial charge in [-0.25, -0.2) is 8.42 Å². The zero-order valence-corrected chi connectivity index (χ0v) is 25.6. The lowest BCUT2D eigenvalue weighted by molar-refractivity contribution is -0.141. The number of nitrogens with one attached hydrogen (secondary N) is 1. The second-order valence-corrected chi connectivity index (χ2v) is 12.6. The number of hydrogen-bond acceptors (Lipinski definition) is 4. The second kappa shape index (κ2) is 14.2. The quantitative estimate of drug-likeness (QED) is 0.272. The lowest BCUT2D eigenvalue weighted by Gasteiger charge is -2.32. The Labute approximate surface area is 251 Å². The molecule has 0 unspecified atom stereocenters. The first-order chi connectivity index (χ1) is 18.9. The van der Waals surface area contributed by atoms with Gasteiger partial charge < -0.3 is 10.2 Å². The van der Waals surface area contributed by atoms with E-state index in [9.17, 15) is 18.0 Å². The summed E-state index contributed by atoms with van der Waals surface area (Å²) >= 11 is 18.5. The summed E-state index contributed by atoms with van der Waals surface area (Å²) in [6.07, 6.45) is 1.65. The average Bonchev–Trinajstić information content (AvgIpc) is 2.91. The molecule has 0 aliphatic carbocycles. The van der Waals surface area contributed by atoms with Crippen LogP contribution in [-0.2, 0) is 32.6 Å². The van der Waals surface area contributed by atoms with Crippen molar-refractivity contribution in [3.05, 3.63) is 98.5 Å². The monoisotopic (exact) mass is 623 g/mol. The highest BCUT2D eigenvalue weighted by atomic mass is 35.5. The van der Waals surface area contributed by atoms with E-state index in [1.165, 1.54) is 16.3 Å². The van der Waals surface area contributed by atoms with Gasteiger partial charge in [-0.2, -0.15) is 0 Å². The fraction of sp³-hybridized carbons (Fsp3) is 0.310. The molecule has 3 aromatic carbocycles. The Morgan fingerprint density at radius 3 is 2.25 bits per heavy atom. The molecule has 0 aliphatic heterocycles. The maximum Gasteiger partial charge on any atom is 0.242 e. The molecule has 0 fully saturated rings. The fourth-order valence-electron chi connectivity index (χ4n) is 4.39. The normalized spacial score (nSPS) is 12.1. The van der Waals surface area contributed by atoms with Gasteiger partial charge in [-0.1, -0.05) is 77.3 Å². The summed E-state index contributed by atoms with van der Waals surface area (Å²) in [5.74, 6) is -0.614. The van der Waals surface area contributed by atoms with Crippen molar-refractivity contribution in [2.75, 3.05) is 24.2 Å². The third kappa shape index (κ3) is 8.61. The Kier molecular flexibility index (Phi) is 11.3. The minimum atomic E-state index is -3.65. The minimum absolute atomic E-state index is 0.00917. The first kappa shape index (κ1) is 31.7. The van der Waals surface area contributed by atoms with Gasteiger partial charge in [0.15, 0.2) is 0 Å². The van der Waals surface area contributed by atoms with Gasteiger partial charge in [-0.15, -0.1) is 0 Å². The number of amides is 2. The number of nitrogens with zero attached hydrogens (tertiary/aromatic N) is 2. The summed E-state index contributed by atoms with van der Waals surface area (Å²) in [5.41, 5.74) is 2.80. The van der Waals surface area contributed by atoms with Crippen LogP contribution in [0, 0.1) is 6.92 Å². The molecule has 2 amide bonds. The van der Waals surface area contributed by atoms with E-state index in [-0.39, 0.29) is 37.7 Å². The first-order valence-corrected chi connectivity index (χ1v) is 15.6. The van der Waals surface area contributed by atoms with Crippen LogP contribution < -0.4 is 9.62 Å². The number of likely N-dealkylation sites (N-methyl/N-ethyl adjacent to an activating group) is 1. The van der Waals surface area contributed by atoms with Crippen LogP contribution >= 0.6 is 34.8 Å². The summed E-state index contributed by atoms with van der Waals surface area (Å²) in [4.78, 5) is 28.3. The number of sulfonamides is 1. The molecular formula is C29H32Cl3N3O4S. The highest BCUT2D eigenvalue weighted by Gasteiger charge is 2.30. The number of halogens is 3. The molecule has 0 saturated carbocycles. The van der Waals surface area contributed by atoms with Gasteiger partial charge >= 0.3 is 0 Å². The molecule has 0 aliphatic rings. The third-order valence-electron chi connectivity index (χ3n) is 6.45. The van der Waals surface area contributed by atoms with Crippen molar-refractivity contribution in [1.29, 1.82) is 0 Å². The van der Waals surface area contributed by atoms with Gasteiger partial charge in [-0.3, -0.25) is 13.9 Å². The second-order valence-electron chi connectivity index (χ2n) is 9.46. The van der Waals surface area contributed by atoms with E-state index in [1.807, 2.05) is 30.3 Å². The van der Waals surface area contributed by atoms with Gasteiger partial charge in [0.05, 0.1) is 22.0 Å². The summed E-state index contributed by atoms with van der Waals surface area (Å²) in [6.45, 7) is 1.98. The van der Waals surface area contributed by atoms with Crippen molar-refractivity contribution in [2.45, 2.75) is 38.8 Å². The van der Waals surface area contributed by atoms with E-state index < -0.39 is 16.1 Å². The molecule has 0 spiro atoms. The Morgan fingerprint density at radius 1 is 0.925 bits per heavy atom. The number of hydrogen-bond donors (Lipinski definition) is 1. The van der Waals surface area contributed by atoms with Gasteiger partial charge in [0.25, 0.3) is 0 Å². The zero-order valence-electron chi connectivity index (χ0n) is 22.5. The number of anilines is 1. The number of carbonyl (C=O) groups is 2. The molecule has 1 N–H and O–H groups in total. The Morgan fingerprint density at radius 2 is 1.62 bits per heavy atom. The van der Waals surface area contributed by atoms with E-state index in [1.54, 1.807) is 43.3 Å². The lowest BCUT2D eigenvalue weighted by atomic mass is 10.0. The van der Waals surface area contributed by atoms with Crippen LogP contribution in [0.1, 0.15) is 29.5 Å². The average molecular weight is 625 g/mol. The largest absolute Gasteiger partial charge is 0.357 e. The molecule has 0 saturated heterocycles. The van der Waals surface area contributed by atoms with Crippen LogP contribution in [0.2, 0.25) is 15.1 Å². The summed E-state index contributed by atoms with van der Waals surface area (Å²) in [6, 6.07) is 18.7. The van der Waals surface area contributed by atoms with E-state index in [4.69, 9.17) is 34.8 Å². The van der Waals surface area contributed by atoms with E-state index in [0.29, 0.717) is 32.7 Å². The summed E-state index contributed by atoms with van der Waals surface area (Å²) in [5, 5.41) is 3.81. The maximum atomic E-state index is 13.7. The highest BCUT2D eigenvalue weighted by molar-refractivity contribution is 7.92. The molecule has 40 heavy (non-hydrogen) atoms. The fourth-order valence-corrected chi connectivity index (χ4v) is 5.89. The third-order valence-corrected chi connectivity index (χ3v) is 8.60. The van der Waals surface area contributed by atoms with E-state index in [0.717, 1.165) is 17.4 Å². The molecule has 7 nitrogen and oxygen atoms in total. The van der Waals surface area contributed by atoms with Crippen LogP contribution in [0.3, 0.4) is 0 Å². The van der Waals surface area contributed by atoms with Crippen LogP contribution in [0.15, 0.2) is 66.7 Å². The predicted octanol–water partition coefficient (Wildman–Crippen LogP) is 5.89. The SMILES string of the molecule is CNC(=O)[C@@H](Cc1ccccc1)N(Cc1ccc(Cl)c(Cl)c1)C(=O)CCCN(c1cc(Cl)ccc1C)S(C)(=O)=O. The van der Waals surface area contributed by atoms with Gasteiger partial charge in [0, 0.05) is 38.0 Å². The zero-order chi connectivity index (χ0) is 29.4. The van der Waals surface area contributed by atoms with Crippen LogP contribution in [0.4, 0.5) is 5.69 Å². The minimum Gasteiger partial charge on any atom is -0.357 e. The van der Waals surface area contributed by atoms with Gasteiger partial charge in [0.2, 0.25) is 21.8 Å². The van der Waals surface area contributed by atoms with Crippen molar-refractivity contribution < 1.29 is 18.0 Å². The standard InChI is InChI=1S/C29H32Cl3N3O4S/c1-20-11-13-23(30)18-26(20)35(40(3,38)39)15-7-10-28(36)34(19-22-12-14-24(31)25(32)16-22)27(29(37)33-2)17-21-8-5-4-6-9-21/h4-6,8-9,11-14,16,18,27H,7,10,15,17,19H2,1-3H3,(H,33,37)/t27-/m1/s1. The van der Waals surface area contributed by atoms with Gasteiger partial charge in [-0.05, 0) is 54.3 Å². The van der Waals surface area contributed by atoms with Crippen LogP contribution in [0.5, 0.6) is 0 Å². The number of benzene rings is 3. The number of aryl methyl sites for hydroxylation is 1. The van der Waals surface area contributed by atoms with Gasteiger partial charge in [0.1, 0.15) is 6.04 Å². The first-order valence-electron chi connectivity index (χ1n) is 12.6. The van der Waals surface area contributed by atoms with E-state index >= 15 is 0 Å². The molecule has 0 heterocycles. The van der Waals surface area contributed by atoms with E-state index in [2.05, 4.69) is 5.32 Å². The predicted molar refractivity (Wildman–Crippen MR) is 163 cm³/mol. The van der Waals surface area contributed by atoms with Crippen molar-refractivity contribution in [2.24, 2.45) is 0 Å². The molecule has 214 valence electrons. The molecule has 0 bridgehead atoms. The van der Waals surface area contributed by atoms with Crippen LogP contribution in [0.25, 0.3) is 0 Å². The van der Waals surface area contributed by atoms with Crippen LogP contribution in [-0.4, -0.2) is 51.0 Å². The molecule has 1 atom stereocenters.